The number of rotatable bonds is 5. The second-order valence-corrected chi connectivity index (χ2v) is 8.92. The molecular weight excluding hydrogens is 496 g/mol. The molecule has 0 atom stereocenters. The van der Waals surface area contributed by atoms with Crippen LogP contribution in [0.2, 0.25) is 0 Å². The van der Waals surface area contributed by atoms with E-state index >= 15 is 0 Å². The molecule has 1 aromatic heterocycles. The van der Waals surface area contributed by atoms with Gasteiger partial charge in [-0.3, -0.25) is 19.8 Å². The first-order valence-electron chi connectivity index (χ1n) is 10.6. The average Bonchev–Trinajstić information content (AvgIpc) is 3.15. The van der Waals surface area contributed by atoms with Crippen molar-refractivity contribution >= 4 is 50.2 Å². The molecule has 3 aromatic carbocycles. The highest BCUT2D eigenvalue weighted by Crippen LogP contribution is 2.24. The number of carbonyl (C=O) groups is 3. The second kappa shape index (κ2) is 9.93. The molecule has 0 saturated heterocycles. The van der Waals surface area contributed by atoms with Crippen molar-refractivity contribution in [3.8, 4) is 0 Å². The first-order valence-corrected chi connectivity index (χ1v) is 11.4. The number of hydrogen-bond donors (Lipinski definition) is 3. The molecule has 0 saturated carbocycles. The van der Waals surface area contributed by atoms with E-state index in [4.69, 9.17) is 0 Å². The van der Waals surface area contributed by atoms with Gasteiger partial charge in [-0.1, -0.05) is 57.9 Å². The zero-order valence-corrected chi connectivity index (χ0v) is 20.3. The van der Waals surface area contributed by atoms with Crippen LogP contribution in [0.5, 0.6) is 0 Å². The van der Waals surface area contributed by atoms with Gasteiger partial charge in [0, 0.05) is 22.1 Å². The van der Waals surface area contributed by atoms with Crippen molar-refractivity contribution in [1.82, 2.24) is 9.99 Å². The van der Waals surface area contributed by atoms with Crippen molar-refractivity contribution in [1.29, 1.82) is 0 Å². The molecule has 172 valence electrons. The minimum absolute atomic E-state index is 0.189. The first-order chi connectivity index (χ1) is 16.3. The Kier molecular flexibility index (Phi) is 6.79. The Hall–Kier alpha value is -3.91. The summed E-state index contributed by atoms with van der Waals surface area (Å²) in [4.78, 5) is 38.2. The normalized spacial score (nSPS) is 10.7. The van der Waals surface area contributed by atoms with Crippen molar-refractivity contribution in [3.63, 3.8) is 0 Å². The largest absolute Gasteiger partial charge is 0.344 e. The third kappa shape index (κ3) is 5.35. The summed E-state index contributed by atoms with van der Waals surface area (Å²) >= 11 is 3.42. The topological polar surface area (TPSA) is 92.2 Å². The summed E-state index contributed by atoms with van der Waals surface area (Å²) in [5, 5.41) is 6.18. The Morgan fingerprint density at radius 3 is 2.35 bits per heavy atom. The van der Waals surface area contributed by atoms with Crippen LogP contribution in [0.15, 0.2) is 77.3 Å². The number of aromatic nitrogens is 1. The fourth-order valence-electron chi connectivity index (χ4n) is 3.51. The van der Waals surface area contributed by atoms with Gasteiger partial charge in [0.2, 0.25) is 0 Å². The predicted molar refractivity (Wildman–Crippen MR) is 136 cm³/mol. The maximum Gasteiger partial charge on any atom is 0.328 e. The quantitative estimate of drug-likeness (QED) is 0.335. The third-order valence-corrected chi connectivity index (χ3v) is 5.76. The number of benzene rings is 3. The molecule has 4 aromatic rings. The molecule has 0 unspecified atom stereocenters. The molecule has 0 radical (unpaired) electrons. The monoisotopic (exact) mass is 518 g/mol. The van der Waals surface area contributed by atoms with Gasteiger partial charge < -0.3 is 10.6 Å². The Morgan fingerprint density at radius 2 is 1.62 bits per heavy atom. The maximum atomic E-state index is 13.1. The number of nitrogens with zero attached hydrogens (tertiary/aromatic N) is 1. The van der Waals surface area contributed by atoms with Crippen molar-refractivity contribution in [2.75, 3.05) is 10.7 Å². The number of fused-ring (bicyclic) bond motifs is 1. The lowest BCUT2D eigenvalue weighted by atomic mass is 10.1. The van der Waals surface area contributed by atoms with E-state index in [1.807, 2.05) is 62.4 Å². The highest BCUT2D eigenvalue weighted by Gasteiger charge is 2.21. The van der Waals surface area contributed by atoms with Gasteiger partial charge in [0.1, 0.15) is 5.69 Å². The van der Waals surface area contributed by atoms with Gasteiger partial charge in [0.15, 0.2) is 0 Å². The number of amides is 3. The summed E-state index contributed by atoms with van der Waals surface area (Å²) in [6.45, 7) is 4.12. The molecule has 8 heteroatoms. The van der Waals surface area contributed by atoms with Crippen LogP contribution >= 0.6 is 15.9 Å². The fraction of sp³-hybridized carbons (Fsp3) is 0.115. The lowest BCUT2D eigenvalue weighted by molar-refractivity contribution is -0.136. The third-order valence-electron chi connectivity index (χ3n) is 5.27. The Balaban J connectivity index is 1.56. The number of anilines is 1. The Morgan fingerprint density at radius 1 is 0.853 bits per heavy atom. The van der Waals surface area contributed by atoms with Gasteiger partial charge in [-0.05, 0) is 61.4 Å². The molecule has 0 aliphatic rings. The molecule has 34 heavy (non-hydrogen) atoms. The molecule has 1 heterocycles. The number of halogens is 1. The molecule has 0 aliphatic carbocycles. The average molecular weight is 519 g/mol. The summed E-state index contributed by atoms with van der Waals surface area (Å²) in [6.07, 6.45) is 0. The zero-order chi connectivity index (χ0) is 24.2. The van der Waals surface area contributed by atoms with Crippen LogP contribution in [0.25, 0.3) is 10.9 Å². The molecule has 0 aliphatic heterocycles. The minimum atomic E-state index is -0.878. The van der Waals surface area contributed by atoms with E-state index in [2.05, 4.69) is 32.0 Å². The number of hydrogen-bond acceptors (Lipinski definition) is 3. The molecular formula is C26H23BrN4O3. The maximum absolute atomic E-state index is 13.1. The lowest BCUT2D eigenvalue weighted by Crippen LogP contribution is -2.39. The summed E-state index contributed by atoms with van der Waals surface area (Å²) < 4.78 is 2.16. The lowest BCUT2D eigenvalue weighted by Gasteiger charge is -2.13. The van der Waals surface area contributed by atoms with E-state index in [1.165, 1.54) is 4.68 Å². The van der Waals surface area contributed by atoms with Crippen LogP contribution in [0.3, 0.4) is 0 Å². The van der Waals surface area contributed by atoms with Gasteiger partial charge in [0.25, 0.3) is 5.91 Å². The zero-order valence-electron chi connectivity index (χ0n) is 18.7. The van der Waals surface area contributed by atoms with Gasteiger partial charge in [-0.25, -0.2) is 4.68 Å². The predicted octanol–water partition coefficient (Wildman–Crippen LogP) is 4.66. The molecule has 7 nitrogen and oxygen atoms in total. The molecule has 0 bridgehead atoms. The fourth-order valence-corrected chi connectivity index (χ4v) is 3.89. The summed E-state index contributed by atoms with van der Waals surface area (Å²) in [5.74, 6) is -2.10. The molecule has 3 amide bonds. The molecule has 3 N–H and O–H groups in total. The van der Waals surface area contributed by atoms with E-state index in [9.17, 15) is 14.4 Å². The number of nitrogens with one attached hydrogen (secondary N) is 3. The number of aryl methyl sites for hydroxylation is 2. The van der Waals surface area contributed by atoms with Gasteiger partial charge >= 0.3 is 11.8 Å². The number of carbonyl (C=O) groups excluding carboxylic acids is 3. The van der Waals surface area contributed by atoms with Crippen LogP contribution in [0.1, 0.15) is 27.2 Å². The van der Waals surface area contributed by atoms with E-state index in [-0.39, 0.29) is 12.2 Å². The first kappa shape index (κ1) is 23.3. The standard InChI is InChI=1S/C26H23BrN4O3/c1-16-6-8-18(9-7-16)15-28-25(33)26(34)30-31-22-11-10-20(27)13-19(22)14-23(31)24(32)29-21-5-3-4-17(2)12-21/h3-14H,15H2,1-2H3,(H,28,33)(H,29,32)(H,30,34). The molecule has 4 rings (SSSR count). The van der Waals surface area contributed by atoms with Crippen LogP contribution in [0.4, 0.5) is 5.69 Å². The second-order valence-electron chi connectivity index (χ2n) is 8.00. The van der Waals surface area contributed by atoms with Crippen molar-refractivity contribution in [2.24, 2.45) is 0 Å². The summed E-state index contributed by atoms with van der Waals surface area (Å²) in [6, 6.07) is 22.1. The summed E-state index contributed by atoms with van der Waals surface area (Å²) in [5.41, 5.74) is 6.95. The Labute approximate surface area is 205 Å². The SMILES string of the molecule is Cc1ccc(CNC(=O)C(=O)Nn2c(C(=O)Nc3cccc(C)c3)cc3cc(Br)ccc32)cc1. The van der Waals surface area contributed by atoms with Crippen molar-refractivity contribution in [3.05, 3.63) is 99.7 Å². The minimum Gasteiger partial charge on any atom is -0.344 e. The smallest absolute Gasteiger partial charge is 0.328 e. The van der Waals surface area contributed by atoms with E-state index < -0.39 is 17.7 Å². The van der Waals surface area contributed by atoms with Crippen LogP contribution < -0.4 is 16.1 Å². The highest BCUT2D eigenvalue weighted by molar-refractivity contribution is 9.10. The van der Waals surface area contributed by atoms with Crippen LogP contribution in [-0.2, 0) is 16.1 Å². The van der Waals surface area contributed by atoms with E-state index in [0.29, 0.717) is 11.2 Å². The van der Waals surface area contributed by atoms with Gasteiger partial charge in [-0.15, -0.1) is 0 Å². The Bertz CT molecular complexity index is 1390. The van der Waals surface area contributed by atoms with Crippen molar-refractivity contribution in [2.45, 2.75) is 20.4 Å². The van der Waals surface area contributed by atoms with Crippen LogP contribution in [0, 0.1) is 13.8 Å². The molecule has 0 fully saturated rings. The molecule has 0 spiro atoms. The van der Waals surface area contributed by atoms with Gasteiger partial charge in [-0.2, -0.15) is 0 Å². The summed E-state index contributed by atoms with van der Waals surface area (Å²) in [7, 11) is 0. The van der Waals surface area contributed by atoms with E-state index in [1.54, 1.807) is 24.3 Å². The highest BCUT2D eigenvalue weighted by atomic mass is 79.9. The van der Waals surface area contributed by atoms with Crippen LogP contribution in [-0.4, -0.2) is 22.4 Å². The van der Waals surface area contributed by atoms with Gasteiger partial charge in [0.05, 0.1) is 5.52 Å². The van der Waals surface area contributed by atoms with E-state index in [0.717, 1.165) is 26.5 Å². The van der Waals surface area contributed by atoms with Crippen molar-refractivity contribution < 1.29 is 14.4 Å².